The molecule has 0 aliphatic heterocycles. The van der Waals surface area contributed by atoms with Crippen LogP contribution in [-0.4, -0.2) is 23.0 Å². The molecule has 0 fully saturated rings. The predicted octanol–water partition coefficient (Wildman–Crippen LogP) is 5.19. The minimum Gasteiger partial charge on any atom is -0.422 e. The lowest BCUT2D eigenvalue weighted by molar-refractivity contribution is -0.384. The van der Waals surface area contributed by atoms with E-state index in [2.05, 4.69) is 10.5 Å². The fourth-order valence-corrected chi connectivity index (χ4v) is 3.07. The normalized spacial score (nSPS) is 10.7. The molecule has 0 aromatic heterocycles. The van der Waals surface area contributed by atoms with E-state index in [9.17, 15) is 19.7 Å². The zero-order valence-electron chi connectivity index (χ0n) is 16.5. The third kappa shape index (κ3) is 5.69. The van der Waals surface area contributed by atoms with Crippen molar-refractivity contribution < 1.29 is 19.2 Å². The molecule has 0 atom stereocenters. The van der Waals surface area contributed by atoms with Gasteiger partial charge in [0.1, 0.15) is 5.75 Å². The summed E-state index contributed by atoms with van der Waals surface area (Å²) in [6, 6.07) is 14.7. The standard InChI is InChI=1S/C22H15Cl2N3O5/c1-13-2-4-14(5-3-13)21(28)26-25-12-15-10-17(27(30)31)7-9-20(15)32-22(29)18-8-6-16(23)11-19(18)24/h2-12H,1H3,(H,26,28)/b25-12+. The van der Waals surface area contributed by atoms with Crippen LogP contribution in [0.15, 0.2) is 65.8 Å². The number of nitrogens with one attached hydrogen (secondary N) is 1. The molecular formula is C22H15Cl2N3O5. The van der Waals surface area contributed by atoms with Crippen molar-refractivity contribution in [3.63, 3.8) is 0 Å². The Labute approximate surface area is 192 Å². The number of carbonyl (C=O) groups is 2. The summed E-state index contributed by atoms with van der Waals surface area (Å²) in [6.07, 6.45) is 1.14. The minimum absolute atomic E-state index is 0.0139. The van der Waals surface area contributed by atoms with E-state index in [1.807, 2.05) is 6.92 Å². The molecule has 0 aliphatic carbocycles. The number of nitro benzene ring substituents is 1. The highest BCUT2D eigenvalue weighted by atomic mass is 35.5. The van der Waals surface area contributed by atoms with Gasteiger partial charge in [-0.2, -0.15) is 5.10 Å². The number of non-ortho nitro benzene ring substituents is 1. The number of halogens is 2. The molecule has 0 saturated heterocycles. The van der Waals surface area contributed by atoms with Crippen molar-refractivity contribution in [3.05, 3.63) is 103 Å². The highest BCUT2D eigenvalue weighted by Gasteiger charge is 2.17. The van der Waals surface area contributed by atoms with Crippen LogP contribution in [0.4, 0.5) is 5.69 Å². The summed E-state index contributed by atoms with van der Waals surface area (Å²) >= 11 is 11.9. The zero-order valence-corrected chi connectivity index (χ0v) is 18.1. The Morgan fingerprint density at radius 3 is 2.44 bits per heavy atom. The summed E-state index contributed by atoms with van der Waals surface area (Å²) in [6.45, 7) is 1.89. The Kier molecular flexibility index (Phi) is 7.19. The van der Waals surface area contributed by atoms with Crippen molar-refractivity contribution in [1.29, 1.82) is 0 Å². The lowest BCUT2D eigenvalue weighted by Crippen LogP contribution is -2.17. The number of carbonyl (C=O) groups excluding carboxylic acids is 2. The first-order valence-electron chi connectivity index (χ1n) is 9.10. The van der Waals surface area contributed by atoms with E-state index in [4.69, 9.17) is 27.9 Å². The lowest BCUT2D eigenvalue weighted by atomic mass is 10.1. The molecule has 3 aromatic carbocycles. The maximum atomic E-state index is 12.5. The number of hydrogen-bond donors (Lipinski definition) is 1. The van der Waals surface area contributed by atoms with E-state index in [0.717, 1.165) is 17.8 Å². The molecule has 0 saturated carbocycles. The van der Waals surface area contributed by atoms with Gasteiger partial charge in [0.25, 0.3) is 11.6 Å². The van der Waals surface area contributed by atoms with Crippen molar-refractivity contribution in [1.82, 2.24) is 5.43 Å². The van der Waals surface area contributed by atoms with Gasteiger partial charge < -0.3 is 4.74 Å². The Balaban J connectivity index is 1.83. The van der Waals surface area contributed by atoms with Crippen LogP contribution in [-0.2, 0) is 0 Å². The number of nitro groups is 1. The Morgan fingerprint density at radius 2 is 1.78 bits per heavy atom. The second-order valence-corrected chi connectivity index (χ2v) is 7.40. The van der Waals surface area contributed by atoms with Crippen molar-refractivity contribution in [2.45, 2.75) is 6.92 Å². The van der Waals surface area contributed by atoms with Crippen LogP contribution in [0.3, 0.4) is 0 Å². The van der Waals surface area contributed by atoms with E-state index in [-0.39, 0.29) is 27.6 Å². The average Bonchev–Trinajstić information content (AvgIpc) is 2.74. The molecule has 1 N–H and O–H groups in total. The van der Waals surface area contributed by atoms with Gasteiger partial charge in [0.2, 0.25) is 0 Å². The Bertz CT molecular complexity index is 1230. The van der Waals surface area contributed by atoms with E-state index in [1.165, 1.54) is 30.3 Å². The zero-order chi connectivity index (χ0) is 23.3. The van der Waals surface area contributed by atoms with Crippen LogP contribution in [0.25, 0.3) is 0 Å². The first-order chi connectivity index (χ1) is 15.2. The molecule has 0 spiro atoms. The van der Waals surface area contributed by atoms with Gasteiger partial charge >= 0.3 is 5.97 Å². The predicted molar refractivity (Wildman–Crippen MR) is 121 cm³/mol. The second-order valence-electron chi connectivity index (χ2n) is 6.56. The van der Waals surface area contributed by atoms with Crippen LogP contribution in [0, 0.1) is 17.0 Å². The van der Waals surface area contributed by atoms with Crippen LogP contribution < -0.4 is 10.2 Å². The number of esters is 1. The number of nitrogens with zero attached hydrogens (tertiary/aromatic N) is 2. The van der Waals surface area contributed by atoms with E-state index in [1.54, 1.807) is 24.3 Å². The van der Waals surface area contributed by atoms with Crippen LogP contribution >= 0.6 is 23.2 Å². The van der Waals surface area contributed by atoms with Crippen molar-refractivity contribution in [3.8, 4) is 5.75 Å². The van der Waals surface area contributed by atoms with E-state index >= 15 is 0 Å². The number of aryl methyl sites for hydroxylation is 1. The maximum absolute atomic E-state index is 12.5. The molecule has 162 valence electrons. The lowest BCUT2D eigenvalue weighted by Gasteiger charge is -2.09. The fourth-order valence-electron chi connectivity index (χ4n) is 2.58. The first kappa shape index (κ1) is 22.9. The van der Waals surface area contributed by atoms with Crippen LogP contribution in [0.5, 0.6) is 5.75 Å². The molecule has 3 rings (SSSR count). The average molecular weight is 472 g/mol. The monoisotopic (exact) mass is 471 g/mol. The van der Waals surface area contributed by atoms with Gasteiger partial charge in [0.05, 0.1) is 21.7 Å². The Hall–Kier alpha value is -3.75. The summed E-state index contributed by atoms with van der Waals surface area (Å²) in [5.41, 5.74) is 3.62. The molecule has 0 heterocycles. The van der Waals surface area contributed by atoms with Gasteiger partial charge in [-0.05, 0) is 43.3 Å². The van der Waals surface area contributed by atoms with Gasteiger partial charge in [0.15, 0.2) is 0 Å². The van der Waals surface area contributed by atoms with Crippen LogP contribution in [0.2, 0.25) is 10.0 Å². The molecule has 0 radical (unpaired) electrons. The number of benzene rings is 3. The summed E-state index contributed by atoms with van der Waals surface area (Å²) in [4.78, 5) is 35.2. The fraction of sp³-hybridized carbons (Fsp3) is 0.0455. The molecule has 0 aliphatic rings. The minimum atomic E-state index is -0.793. The van der Waals surface area contributed by atoms with Crippen LogP contribution in [0.1, 0.15) is 31.8 Å². The van der Waals surface area contributed by atoms with Gasteiger partial charge in [-0.25, -0.2) is 10.2 Å². The van der Waals surface area contributed by atoms with Crippen molar-refractivity contribution >= 4 is 47.0 Å². The number of hydrazone groups is 1. The maximum Gasteiger partial charge on any atom is 0.345 e. The van der Waals surface area contributed by atoms with Crippen molar-refractivity contribution in [2.75, 3.05) is 0 Å². The number of amides is 1. The molecular weight excluding hydrogens is 457 g/mol. The van der Waals surface area contributed by atoms with E-state index in [0.29, 0.717) is 10.6 Å². The highest BCUT2D eigenvalue weighted by molar-refractivity contribution is 6.36. The molecule has 1 amide bonds. The molecule has 0 unspecified atom stereocenters. The number of ether oxygens (including phenoxy) is 1. The van der Waals surface area contributed by atoms with Gasteiger partial charge in [-0.3, -0.25) is 14.9 Å². The van der Waals surface area contributed by atoms with Gasteiger partial charge in [-0.1, -0.05) is 40.9 Å². The quantitative estimate of drug-likeness (QED) is 0.174. The molecule has 32 heavy (non-hydrogen) atoms. The second kappa shape index (κ2) is 10.0. The topological polar surface area (TPSA) is 111 Å². The van der Waals surface area contributed by atoms with Crippen molar-refractivity contribution in [2.24, 2.45) is 5.10 Å². The van der Waals surface area contributed by atoms with E-state index < -0.39 is 16.8 Å². The third-order valence-corrected chi connectivity index (χ3v) is 4.79. The highest BCUT2D eigenvalue weighted by Crippen LogP contribution is 2.26. The molecule has 10 heteroatoms. The SMILES string of the molecule is Cc1ccc(C(=O)N/N=C/c2cc([N+](=O)[O-])ccc2OC(=O)c2ccc(Cl)cc2Cl)cc1. The first-order valence-corrected chi connectivity index (χ1v) is 9.86. The van der Waals surface area contributed by atoms with Gasteiger partial charge in [-0.15, -0.1) is 0 Å². The third-order valence-electron chi connectivity index (χ3n) is 4.24. The summed E-state index contributed by atoms with van der Waals surface area (Å²) in [5.74, 6) is -1.28. The number of hydrogen-bond acceptors (Lipinski definition) is 6. The summed E-state index contributed by atoms with van der Waals surface area (Å²) < 4.78 is 5.35. The smallest absolute Gasteiger partial charge is 0.345 e. The summed E-state index contributed by atoms with van der Waals surface area (Å²) in [5, 5.41) is 15.4. The number of rotatable bonds is 6. The largest absolute Gasteiger partial charge is 0.422 e. The van der Waals surface area contributed by atoms with Gasteiger partial charge in [0, 0.05) is 28.3 Å². The summed E-state index contributed by atoms with van der Waals surface area (Å²) in [7, 11) is 0. The molecule has 8 nitrogen and oxygen atoms in total. The molecule has 3 aromatic rings. The molecule has 0 bridgehead atoms. The Morgan fingerprint density at radius 1 is 1.06 bits per heavy atom.